The zero-order chi connectivity index (χ0) is 26.6. The van der Waals surface area contributed by atoms with E-state index in [1.165, 1.54) is 6.07 Å². The van der Waals surface area contributed by atoms with Gasteiger partial charge in [0.05, 0.1) is 11.7 Å². The summed E-state index contributed by atoms with van der Waals surface area (Å²) in [5, 5.41) is 22.5. The van der Waals surface area contributed by atoms with E-state index >= 15 is 4.39 Å². The molecule has 4 atom stereocenters. The Kier molecular flexibility index (Phi) is 8.85. The maximum Gasteiger partial charge on any atom is 0.320 e. The third-order valence-corrected chi connectivity index (χ3v) is 7.91. The maximum atomic E-state index is 15.5. The van der Waals surface area contributed by atoms with Crippen molar-refractivity contribution in [2.75, 3.05) is 39.9 Å². The molecule has 2 aliphatic heterocycles. The van der Waals surface area contributed by atoms with E-state index < -0.39 is 17.7 Å². The molecule has 0 aromatic heterocycles. The van der Waals surface area contributed by atoms with Crippen LogP contribution in [0.1, 0.15) is 43.2 Å². The highest BCUT2D eigenvalue weighted by atomic mass is 19.1. The predicted molar refractivity (Wildman–Crippen MR) is 141 cm³/mol. The molecule has 2 aromatic carbocycles. The van der Waals surface area contributed by atoms with Crippen LogP contribution in [0.3, 0.4) is 0 Å². The van der Waals surface area contributed by atoms with Gasteiger partial charge < -0.3 is 30.5 Å². The molecule has 37 heavy (non-hydrogen) atoms. The molecule has 2 fully saturated rings. The van der Waals surface area contributed by atoms with E-state index in [0.717, 1.165) is 30.4 Å². The fraction of sp³-hybridized carbons (Fsp3) is 0.552. The Balaban J connectivity index is 1.68. The van der Waals surface area contributed by atoms with Crippen LogP contribution in [-0.2, 0) is 10.3 Å². The third-order valence-electron chi connectivity index (χ3n) is 7.91. The molecule has 0 spiro atoms. The van der Waals surface area contributed by atoms with Gasteiger partial charge in [-0.3, -0.25) is 0 Å². The zero-order valence-electron chi connectivity index (χ0n) is 21.9. The molecule has 0 aliphatic carbocycles. The molecule has 2 aliphatic rings. The zero-order valence-corrected chi connectivity index (χ0v) is 21.9. The first kappa shape index (κ1) is 27.5. The van der Waals surface area contributed by atoms with Crippen molar-refractivity contribution < 1.29 is 24.1 Å². The van der Waals surface area contributed by atoms with Gasteiger partial charge in [-0.15, -0.1) is 0 Å². The SMILES string of the molecule is COCCCCC(O)(c1cccc(F)c1-c1cccc(C)c1)C1CCCN(C(=O)N2CC(N)C(O)C2)C1. The van der Waals surface area contributed by atoms with Crippen LogP contribution in [0.15, 0.2) is 42.5 Å². The van der Waals surface area contributed by atoms with Crippen LogP contribution in [-0.4, -0.2) is 78.1 Å². The van der Waals surface area contributed by atoms with Crippen LogP contribution in [0.5, 0.6) is 0 Å². The topological polar surface area (TPSA) is 99.3 Å². The van der Waals surface area contributed by atoms with E-state index in [-0.39, 0.29) is 24.3 Å². The number of aliphatic hydroxyl groups excluding tert-OH is 1. The highest BCUT2D eigenvalue weighted by molar-refractivity contribution is 5.75. The number of urea groups is 1. The Bertz CT molecular complexity index is 1070. The molecule has 4 rings (SSSR count). The second-order valence-electron chi connectivity index (χ2n) is 10.6. The number of amides is 2. The molecular weight excluding hydrogens is 473 g/mol. The molecule has 202 valence electrons. The quantitative estimate of drug-likeness (QED) is 0.468. The Morgan fingerprint density at radius 3 is 2.65 bits per heavy atom. The summed E-state index contributed by atoms with van der Waals surface area (Å²) in [6.45, 7) is 3.99. The van der Waals surface area contributed by atoms with Gasteiger partial charge in [-0.25, -0.2) is 9.18 Å². The summed E-state index contributed by atoms with van der Waals surface area (Å²) >= 11 is 0. The first-order valence-corrected chi connectivity index (χ1v) is 13.3. The normalized spacial score (nSPS) is 23.8. The van der Waals surface area contributed by atoms with Gasteiger partial charge in [-0.05, 0) is 56.2 Å². The van der Waals surface area contributed by atoms with E-state index in [0.29, 0.717) is 50.2 Å². The number of hydrogen-bond donors (Lipinski definition) is 3. The molecule has 2 amide bonds. The monoisotopic (exact) mass is 513 g/mol. The van der Waals surface area contributed by atoms with Gasteiger partial charge in [-0.2, -0.15) is 0 Å². The first-order valence-electron chi connectivity index (χ1n) is 13.3. The van der Waals surface area contributed by atoms with Gasteiger partial charge in [0, 0.05) is 57.4 Å². The van der Waals surface area contributed by atoms with Crippen molar-refractivity contribution in [3.05, 3.63) is 59.4 Å². The van der Waals surface area contributed by atoms with E-state index in [9.17, 15) is 15.0 Å². The van der Waals surface area contributed by atoms with E-state index in [1.807, 2.05) is 37.3 Å². The number of β-amino-alcohol motifs (C(OH)–C–C–N with tert-alkyl or cyclic N) is 1. The summed E-state index contributed by atoms with van der Waals surface area (Å²) in [6.07, 6.45) is 2.62. The summed E-state index contributed by atoms with van der Waals surface area (Å²) in [7, 11) is 1.65. The summed E-state index contributed by atoms with van der Waals surface area (Å²) < 4.78 is 20.7. The summed E-state index contributed by atoms with van der Waals surface area (Å²) in [5.74, 6) is -0.651. The lowest BCUT2D eigenvalue weighted by Crippen LogP contribution is -2.52. The van der Waals surface area contributed by atoms with Crippen molar-refractivity contribution in [2.45, 2.75) is 56.8 Å². The Morgan fingerprint density at radius 2 is 1.95 bits per heavy atom. The summed E-state index contributed by atoms with van der Waals surface area (Å²) in [5.41, 5.74) is 7.31. The van der Waals surface area contributed by atoms with Crippen molar-refractivity contribution in [3.63, 3.8) is 0 Å². The van der Waals surface area contributed by atoms with Gasteiger partial charge in [0.15, 0.2) is 0 Å². The van der Waals surface area contributed by atoms with Gasteiger partial charge >= 0.3 is 6.03 Å². The molecule has 2 heterocycles. The number of rotatable bonds is 8. The fourth-order valence-electron chi connectivity index (χ4n) is 5.89. The molecule has 8 heteroatoms. The number of methoxy groups -OCH3 is 1. The van der Waals surface area contributed by atoms with Gasteiger partial charge in [-0.1, -0.05) is 42.0 Å². The lowest BCUT2D eigenvalue weighted by atomic mass is 9.72. The lowest BCUT2D eigenvalue weighted by molar-refractivity contribution is -0.0573. The highest BCUT2D eigenvalue weighted by Gasteiger charge is 2.44. The second kappa shape index (κ2) is 11.9. The third kappa shape index (κ3) is 5.98. The van der Waals surface area contributed by atoms with Crippen LogP contribution in [0, 0.1) is 18.7 Å². The molecule has 2 saturated heterocycles. The minimum Gasteiger partial charge on any atom is -0.390 e. The number of nitrogens with zero attached hydrogens (tertiary/aromatic N) is 2. The van der Waals surface area contributed by atoms with Gasteiger partial charge in [0.25, 0.3) is 0 Å². The van der Waals surface area contributed by atoms with Crippen molar-refractivity contribution >= 4 is 6.03 Å². The summed E-state index contributed by atoms with van der Waals surface area (Å²) in [6, 6.07) is 12.0. The average molecular weight is 514 g/mol. The number of halogens is 1. The molecule has 4 N–H and O–H groups in total. The highest BCUT2D eigenvalue weighted by Crippen LogP contribution is 2.44. The first-order chi connectivity index (χ1) is 17.7. The Hall–Kier alpha value is -2.52. The number of benzene rings is 2. The van der Waals surface area contributed by atoms with E-state index in [2.05, 4.69) is 0 Å². The van der Waals surface area contributed by atoms with Crippen LogP contribution >= 0.6 is 0 Å². The number of aryl methyl sites for hydroxylation is 1. The largest absolute Gasteiger partial charge is 0.390 e. The van der Waals surface area contributed by atoms with E-state index in [4.69, 9.17) is 10.5 Å². The van der Waals surface area contributed by atoms with Crippen LogP contribution in [0.2, 0.25) is 0 Å². The molecule has 0 saturated carbocycles. The number of unbranched alkanes of at least 4 members (excludes halogenated alkanes) is 1. The fourth-order valence-corrected chi connectivity index (χ4v) is 5.89. The van der Waals surface area contributed by atoms with Crippen molar-refractivity contribution in [2.24, 2.45) is 11.7 Å². The van der Waals surface area contributed by atoms with Crippen LogP contribution < -0.4 is 5.73 Å². The Labute approximate surface area is 219 Å². The molecule has 0 radical (unpaired) electrons. The summed E-state index contributed by atoms with van der Waals surface area (Å²) in [4.78, 5) is 16.7. The number of likely N-dealkylation sites (tertiary alicyclic amines) is 2. The number of carbonyl (C=O) groups is 1. The molecule has 2 aromatic rings. The van der Waals surface area contributed by atoms with Crippen molar-refractivity contribution in [1.82, 2.24) is 9.80 Å². The maximum absolute atomic E-state index is 15.5. The van der Waals surface area contributed by atoms with Crippen LogP contribution in [0.25, 0.3) is 11.1 Å². The number of nitrogens with two attached hydrogens (primary N) is 1. The minimum absolute atomic E-state index is 0.170. The molecule has 4 unspecified atom stereocenters. The number of hydrogen-bond acceptors (Lipinski definition) is 5. The average Bonchev–Trinajstić information content (AvgIpc) is 3.23. The molecule has 7 nitrogen and oxygen atoms in total. The lowest BCUT2D eigenvalue weighted by Gasteiger charge is -2.44. The number of ether oxygens (including phenoxy) is 1. The van der Waals surface area contributed by atoms with Crippen LogP contribution in [0.4, 0.5) is 9.18 Å². The van der Waals surface area contributed by atoms with Crippen molar-refractivity contribution in [3.8, 4) is 11.1 Å². The van der Waals surface area contributed by atoms with Crippen molar-refractivity contribution in [1.29, 1.82) is 0 Å². The predicted octanol–water partition coefficient (Wildman–Crippen LogP) is 3.64. The minimum atomic E-state index is -1.34. The molecule has 0 bridgehead atoms. The second-order valence-corrected chi connectivity index (χ2v) is 10.6. The molecular formula is C29H40FN3O4. The smallest absolute Gasteiger partial charge is 0.320 e. The number of carbonyl (C=O) groups excluding carboxylic acids is 1. The van der Waals surface area contributed by atoms with Gasteiger partial charge in [0.1, 0.15) is 5.82 Å². The standard InChI is InChI=1S/C29H40FN3O4/c1-20-8-5-9-21(16-20)27-23(11-6-12-24(27)30)29(36,13-3-4-15-37-2)22-10-7-14-32(17-22)28(35)33-18-25(31)26(34)19-33/h5-6,8-9,11-12,16,22,25-26,34,36H,3-4,7,10,13-15,17-19,31H2,1-2H3. The Morgan fingerprint density at radius 1 is 1.16 bits per heavy atom. The number of piperidine rings is 1. The van der Waals surface area contributed by atoms with Gasteiger partial charge in [0.2, 0.25) is 0 Å². The van der Waals surface area contributed by atoms with E-state index in [1.54, 1.807) is 23.0 Å². The number of aliphatic hydroxyl groups is 2.